The molecular weight excluding hydrogens is 318 g/mol. The van der Waals surface area contributed by atoms with Crippen molar-refractivity contribution in [1.82, 2.24) is 15.2 Å². The third-order valence-corrected chi connectivity index (χ3v) is 4.20. The van der Waals surface area contributed by atoms with Gasteiger partial charge in [-0.15, -0.1) is 0 Å². The second-order valence-corrected chi connectivity index (χ2v) is 6.53. The van der Waals surface area contributed by atoms with Crippen molar-refractivity contribution < 1.29 is 9.59 Å². The van der Waals surface area contributed by atoms with Crippen LogP contribution in [0.4, 0.5) is 0 Å². The van der Waals surface area contributed by atoms with Crippen molar-refractivity contribution in [1.29, 1.82) is 0 Å². The zero-order valence-electron chi connectivity index (χ0n) is 14.3. The number of hydrogen-bond acceptors (Lipinski definition) is 3. The van der Waals surface area contributed by atoms with Crippen molar-refractivity contribution in [3.05, 3.63) is 69.1 Å². The molecule has 25 heavy (non-hydrogen) atoms. The molecule has 0 bridgehead atoms. The summed E-state index contributed by atoms with van der Waals surface area (Å²) in [5, 5.41) is 2.84. The Kier molecular flexibility index (Phi) is 4.70. The van der Waals surface area contributed by atoms with Crippen molar-refractivity contribution in [3.8, 4) is 0 Å². The number of carbonyl (C=O) groups excluding carboxylic acids is 2. The molecule has 1 aromatic carbocycles. The predicted molar refractivity (Wildman–Crippen MR) is 94.5 cm³/mol. The predicted octanol–water partition coefficient (Wildman–Crippen LogP) is 1.85. The molecule has 2 amide bonds. The van der Waals surface area contributed by atoms with Gasteiger partial charge in [-0.25, -0.2) is 0 Å². The highest BCUT2D eigenvalue weighted by Crippen LogP contribution is 2.19. The van der Waals surface area contributed by atoms with Gasteiger partial charge in [0.1, 0.15) is 5.56 Å². The minimum atomic E-state index is -0.497. The number of hydrogen-bond donors (Lipinski definition) is 2. The van der Waals surface area contributed by atoms with E-state index >= 15 is 0 Å². The number of aromatic amines is 1. The first-order valence-electron chi connectivity index (χ1n) is 8.28. The molecule has 130 valence electrons. The monoisotopic (exact) mass is 339 g/mol. The van der Waals surface area contributed by atoms with Gasteiger partial charge in [0.15, 0.2) is 0 Å². The van der Waals surface area contributed by atoms with Crippen LogP contribution in [0.5, 0.6) is 0 Å². The lowest BCUT2D eigenvalue weighted by atomic mass is 10.1. The molecule has 0 atom stereocenters. The summed E-state index contributed by atoms with van der Waals surface area (Å²) in [6, 6.07) is 9.42. The lowest BCUT2D eigenvalue weighted by Crippen LogP contribution is -2.33. The summed E-state index contributed by atoms with van der Waals surface area (Å²) in [5.41, 5.74) is 1.88. The van der Waals surface area contributed by atoms with Gasteiger partial charge in [0, 0.05) is 25.8 Å². The molecule has 1 aromatic heterocycles. The minimum Gasteiger partial charge on any atom is -0.349 e. The maximum absolute atomic E-state index is 12.6. The van der Waals surface area contributed by atoms with E-state index in [2.05, 4.69) is 10.3 Å². The van der Waals surface area contributed by atoms with Gasteiger partial charge in [-0.3, -0.25) is 14.4 Å². The van der Waals surface area contributed by atoms with Gasteiger partial charge in [0.05, 0.1) is 5.56 Å². The van der Waals surface area contributed by atoms with Crippen LogP contribution in [0.1, 0.15) is 44.7 Å². The van der Waals surface area contributed by atoms with E-state index in [1.807, 2.05) is 31.2 Å². The van der Waals surface area contributed by atoms with Gasteiger partial charge < -0.3 is 15.2 Å². The van der Waals surface area contributed by atoms with Crippen molar-refractivity contribution >= 4 is 11.8 Å². The van der Waals surface area contributed by atoms with Crippen molar-refractivity contribution in [2.75, 3.05) is 7.05 Å². The first-order valence-corrected chi connectivity index (χ1v) is 8.28. The van der Waals surface area contributed by atoms with E-state index in [0.717, 1.165) is 24.0 Å². The molecule has 1 fully saturated rings. The fourth-order valence-electron chi connectivity index (χ4n) is 2.51. The zero-order chi connectivity index (χ0) is 18.0. The fraction of sp³-hybridized carbons (Fsp3) is 0.316. The maximum atomic E-state index is 12.6. The van der Waals surface area contributed by atoms with Gasteiger partial charge in [-0.1, -0.05) is 29.8 Å². The minimum absolute atomic E-state index is 0.0296. The Balaban J connectivity index is 1.76. The molecular formula is C19H21N3O3. The molecule has 0 spiro atoms. The van der Waals surface area contributed by atoms with Crippen LogP contribution < -0.4 is 10.9 Å². The molecule has 1 aliphatic carbocycles. The number of aromatic nitrogens is 1. The van der Waals surface area contributed by atoms with Crippen LogP contribution in [-0.4, -0.2) is 34.8 Å². The topological polar surface area (TPSA) is 82.3 Å². The van der Waals surface area contributed by atoms with Crippen molar-refractivity contribution in [3.63, 3.8) is 0 Å². The van der Waals surface area contributed by atoms with Crippen LogP contribution >= 0.6 is 0 Å². The third-order valence-electron chi connectivity index (χ3n) is 4.20. The molecule has 1 saturated carbocycles. The normalized spacial score (nSPS) is 13.4. The highest BCUT2D eigenvalue weighted by atomic mass is 16.2. The Labute approximate surface area is 145 Å². The summed E-state index contributed by atoms with van der Waals surface area (Å²) in [6.45, 7) is 2.38. The molecule has 2 N–H and O–H groups in total. The van der Waals surface area contributed by atoms with Gasteiger partial charge in [-0.2, -0.15) is 0 Å². The molecule has 0 saturated heterocycles. The molecule has 0 unspecified atom stereocenters. The zero-order valence-corrected chi connectivity index (χ0v) is 14.3. The fourth-order valence-corrected chi connectivity index (χ4v) is 2.51. The Morgan fingerprint density at radius 1 is 1.24 bits per heavy atom. The summed E-state index contributed by atoms with van der Waals surface area (Å²) in [4.78, 5) is 40.7. The second-order valence-electron chi connectivity index (χ2n) is 6.53. The van der Waals surface area contributed by atoms with Crippen LogP contribution in [0, 0.1) is 6.92 Å². The van der Waals surface area contributed by atoms with E-state index in [0.29, 0.717) is 12.1 Å². The average molecular weight is 339 g/mol. The van der Waals surface area contributed by atoms with Gasteiger partial charge in [-0.05, 0) is 31.4 Å². The van der Waals surface area contributed by atoms with E-state index in [-0.39, 0.29) is 17.5 Å². The summed E-state index contributed by atoms with van der Waals surface area (Å²) >= 11 is 0. The van der Waals surface area contributed by atoms with Crippen LogP contribution in [0.3, 0.4) is 0 Å². The van der Waals surface area contributed by atoms with E-state index in [9.17, 15) is 14.4 Å². The molecule has 6 heteroatoms. The summed E-state index contributed by atoms with van der Waals surface area (Å²) in [7, 11) is 1.64. The van der Waals surface area contributed by atoms with Gasteiger partial charge in [0.2, 0.25) is 0 Å². The van der Waals surface area contributed by atoms with Crippen LogP contribution in [0.2, 0.25) is 0 Å². The third kappa shape index (κ3) is 4.15. The molecule has 6 nitrogen and oxygen atoms in total. The largest absolute Gasteiger partial charge is 0.349 e. The number of aryl methyl sites for hydroxylation is 1. The molecule has 0 radical (unpaired) electrons. The number of benzene rings is 1. The van der Waals surface area contributed by atoms with Crippen LogP contribution in [0.25, 0.3) is 0 Å². The summed E-state index contributed by atoms with van der Waals surface area (Å²) in [6.07, 6.45) is 3.29. The van der Waals surface area contributed by atoms with Crippen LogP contribution in [-0.2, 0) is 6.54 Å². The van der Waals surface area contributed by atoms with E-state index in [1.54, 1.807) is 7.05 Å². The Hall–Kier alpha value is -2.89. The Morgan fingerprint density at radius 3 is 2.56 bits per heavy atom. The summed E-state index contributed by atoms with van der Waals surface area (Å²) < 4.78 is 0. The molecule has 1 aliphatic rings. The summed E-state index contributed by atoms with van der Waals surface area (Å²) in [5.74, 6) is -0.683. The molecule has 0 aliphatic heterocycles. The number of pyridine rings is 1. The SMILES string of the molecule is Cc1ccc(CN(C)C(=O)c2cc(C(=O)NC3CC3)c[nH]c2=O)cc1. The molecule has 3 rings (SSSR count). The lowest BCUT2D eigenvalue weighted by molar-refractivity contribution is 0.0783. The number of nitrogens with zero attached hydrogens (tertiary/aromatic N) is 1. The number of rotatable bonds is 5. The lowest BCUT2D eigenvalue weighted by Gasteiger charge is -2.17. The Bertz CT molecular complexity index is 851. The second kappa shape index (κ2) is 6.93. The highest BCUT2D eigenvalue weighted by molar-refractivity contribution is 5.99. The number of nitrogens with one attached hydrogen (secondary N) is 2. The number of amides is 2. The van der Waals surface area contributed by atoms with Crippen LogP contribution in [0.15, 0.2) is 41.3 Å². The maximum Gasteiger partial charge on any atom is 0.260 e. The average Bonchev–Trinajstić information content (AvgIpc) is 3.40. The first kappa shape index (κ1) is 17.0. The number of carbonyl (C=O) groups is 2. The van der Waals surface area contributed by atoms with E-state index < -0.39 is 11.5 Å². The van der Waals surface area contributed by atoms with Crippen molar-refractivity contribution in [2.24, 2.45) is 0 Å². The number of H-pyrrole nitrogens is 1. The quantitative estimate of drug-likeness (QED) is 0.872. The van der Waals surface area contributed by atoms with E-state index in [4.69, 9.17) is 0 Å². The smallest absolute Gasteiger partial charge is 0.260 e. The van der Waals surface area contributed by atoms with Gasteiger partial charge >= 0.3 is 0 Å². The van der Waals surface area contributed by atoms with E-state index in [1.165, 1.54) is 17.2 Å². The first-order chi connectivity index (χ1) is 11.9. The highest BCUT2D eigenvalue weighted by Gasteiger charge is 2.25. The Morgan fingerprint density at radius 2 is 1.92 bits per heavy atom. The standard InChI is InChI=1S/C19H21N3O3/c1-12-3-5-13(6-4-12)11-22(2)19(25)16-9-14(10-20-18(16)24)17(23)21-15-7-8-15/h3-6,9-10,15H,7-8,11H2,1-2H3,(H,20,24)(H,21,23). The van der Waals surface area contributed by atoms with Gasteiger partial charge in [0.25, 0.3) is 17.4 Å². The molecule has 2 aromatic rings. The van der Waals surface area contributed by atoms with Crippen molar-refractivity contribution in [2.45, 2.75) is 32.4 Å². The molecule has 1 heterocycles.